The van der Waals surface area contributed by atoms with E-state index in [1.807, 2.05) is 37.3 Å². The molecule has 1 amide bonds. The van der Waals surface area contributed by atoms with Gasteiger partial charge in [0.15, 0.2) is 0 Å². The van der Waals surface area contributed by atoms with Crippen LogP contribution in [0.3, 0.4) is 0 Å². The standard InChI is InChI=1S/C16H24N2O/c1-3-18-11-7-10-15(18)12-17-16(19)13(2)14-8-5-4-6-9-14/h4-6,8-9,13,15H,3,7,10-12H2,1-2H3,(H,17,19)/t13-,15+/m1/s1. The molecule has 19 heavy (non-hydrogen) atoms. The number of rotatable bonds is 5. The minimum absolute atomic E-state index is 0.0716. The van der Waals surface area contributed by atoms with Crippen molar-refractivity contribution in [2.24, 2.45) is 0 Å². The van der Waals surface area contributed by atoms with Crippen LogP contribution in [0.1, 0.15) is 38.2 Å². The molecule has 2 rings (SSSR count). The summed E-state index contributed by atoms with van der Waals surface area (Å²) in [6.45, 7) is 7.19. The number of hydrogen-bond acceptors (Lipinski definition) is 2. The van der Waals surface area contributed by atoms with Crippen LogP contribution in [0.5, 0.6) is 0 Å². The third-order valence-corrected chi connectivity index (χ3v) is 4.11. The van der Waals surface area contributed by atoms with E-state index < -0.39 is 0 Å². The van der Waals surface area contributed by atoms with Gasteiger partial charge in [-0.2, -0.15) is 0 Å². The first-order valence-corrected chi connectivity index (χ1v) is 7.29. The molecule has 0 saturated carbocycles. The predicted octanol–water partition coefficient (Wildman–Crippen LogP) is 2.39. The fourth-order valence-corrected chi connectivity index (χ4v) is 2.81. The first-order valence-electron chi connectivity index (χ1n) is 7.29. The van der Waals surface area contributed by atoms with Crippen molar-refractivity contribution < 1.29 is 4.79 Å². The molecule has 1 aromatic rings. The number of amides is 1. The van der Waals surface area contributed by atoms with Gasteiger partial charge in [-0.05, 0) is 38.4 Å². The molecule has 0 radical (unpaired) electrons. The van der Waals surface area contributed by atoms with E-state index >= 15 is 0 Å². The molecule has 1 aliphatic heterocycles. The van der Waals surface area contributed by atoms with Crippen molar-refractivity contribution in [2.45, 2.75) is 38.6 Å². The second-order valence-corrected chi connectivity index (χ2v) is 5.30. The van der Waals surface area contributed by atoms with Gasteiger partial charge in [0, 0.05) is 12.6 Å². The average molecular weight is 260 g/mol. The Bertz CT molecular complexity index is 404. The van der Waals surface area contributed by atoms with Crippen molar-refractivity contribution in [1.29, 1.82) is 0 Å². The maximum absolute atomic E-state index is 12.2. The van der Waals surface area contributed by atoms with E-state index in [1.165, 1.54) is 19.4 Å². The highest BCUT2D eigenvalue weighted by molar-refractivity contribution is 5.83. The van der Waals surface area contributed by atoms with Crippen LogP contribution < -0.4 is 5.32 Å². The molecule has 1 saturated heterocycles. The number of hydrogen-bond donors (Lipinski definition) is 1. The average Bonchev–Trinajstić information content (AvgIpc) is 2.92. The summed E-state index contributed by atoms with van der Waals surface area (Å²) in [5, 5.41) is 3.11. The molecule has 0 bridgehead atoms. The van der Waals surface area contributed by atoms with Crippen molar-refractivity contribution in [3.8, 4) is 0 Å². The summed E-state index contributed by atoms with van der Waals surface area (Å²) in [6, 6.07) is 10.5. The lowest BCUT2D eigenvalue weighted by molar-refractivity contribution is -0.122. The van der Waals surface area contributed by atoms with E-state index in [2.05, 4.69) is 17.1 Å². The van der Waals surface area contributed by atoms with E-state index in [0.717, 1.165) is 18.7 Å². The Hall–Kier alpha value is -1.35. The topological polar surface area (TPSA) is 32.3 Å². The second kappa shape index (κ2) is 6.71. The highest BCUT2D eigenvalue weighted by atomic mass is 16.1. The molecular weight excluding hydrogens is 236 g/mol. The zero-order valence-corrected chi connectivity index (χ0v) is 11.9. The summed E-state index contributed by atoms with van der Waals surface area (Å²) in [6.07, 6.45) is 2.45. The van der Waals surface area contributed by atoms with E-state index in [-0.39, 0.29) is 11.8 Å². The summed E-state index contributed by atoms with van der Waals surface area (Å²) in [4.78, 5) is 14.6. The van der Waals surface area contributed by atoms with Gasteiger partial charge >= 0.3 is 0 Å². The number of nitrogens with zero attached hydrogens (tertiary/aromatic N) is 1. The van der Waals surface area contributed by atoms with Crippen LogP contribution in [-0.2, 0) is 4.79 Å². The zero-order chi connectivity index (χ0) is 13.7. The zero-order valence-electron chi connectivity index (χ0n) is 11.9. The number of nitrogens with one attached hydrogen (secondary N) is 1. The van der Waals surface area contributed by atoms with Crippen LogP contribution in [0.25, 0.3) is 0 Å². The second-order valence-electron chi connectivity index (χ2n) is 5.30. The van der Waals surface area contributed by atoms with Gasteiger partial charge in [-0.25, -0.2) is 0 Å². The van der Waals surface area contributed by atoms with Crippen LogP contribution in [0.15, 0.2) is 30.3 Å². The monoisotopic (exact) mass is 260 g/mol. The molecule has 0 aromatic heterocycles. The smallest absolute Gasteiger partial charge is 0.227 e. The molecule has 0 spiro atoms. The molecule has 3 nitrogen and oxygen atoms in total. The summed E-state index contributed by atoms with van der Waals surface area (Å²) >= 11 is 0. The Balaban J connectivity index is 1.84. The number of carbonyl (C=O) groups is 1. The molecule has 1 aromatic carbocycles. The van der Waals surface area contributed by atoms with Crippen molar-refractivity contribution in [1.82, 2.24) is 10.2 Å². The molecule has 1 N–H and O–H groups in total. The first-order chi connectivity index (χ1) is 9.22. The largest absolute Gasteiger partial charge is 0.354 e. The van der Waals surface area contributed by atoms with Crippen LogP contribution in [0, 0.1) is 0 Å². The van der Waals surface area contributed by atoms with Gasteiger partial charge in [-0.15, -0.1) is 0 Å². The molecule has 0 aliphatic carbocycles. The fraction of sp³-hybridized carbons (Fsp3) is 0.562. The summed E-state index contributed by atoms with van der Waals surface area (Å²) < 4.78 is 0. The molecule has 1 heterocycles. The van der Waals surface area contributed by atoms with Crippen molar-refractivity contribution >= 4 is 5.91 Å². The highest BCUT2D eigenvalue weighted by Gasteiger charge is 2.24. The SMILES string of the molecule is CCN1CCC[C@H]1CNC(=O)[C@H](C)c1ccccc1. The maximum atomic E-state index is 12.2. The van der Waals surface area contributed by atoms with Crippen LogP contribution >= 0.6 is 0 Å². The van der Waals surface area contributed by atoms with Gasteiger partial charge in [0.05, 0.1) is 5.92 Å². The molecule has 1 aliphatic rings. The third-order valence-electron chi connectivity index (χ3n) is 4.11. The molecular formula is C16H24N2O. The van der Waals surface area contributed by atoms with Crippen LogP contribution in [0.4, 0.5) is 0 Å². The van der Waals surface area contributed by atoms with Gasteiger partial charge in [-0.1, -0.05) is 37.3 Å². The van der Waals surface area contributed by atoms with Crippen LogP contribution in [0.2, 0.25) is 0 Å². The van der Waals surface area contributed by atoms with Gasteiger partial charge in [0.25, 0.3) is 0 Å². The Labute approximate surface area is 116 Å². The number of carbonyl (C=O) groups excluding carboxylic acids is 1. The molecule has 1 fully saturated rings. The lowest BCUT2D eigenvalue weighted by atomic mass is 10.0. The first kappa shape index (κ1) is 14.1. The molecule has 0 unspecified atom stereocenters. The Kier molecular flexibility index (Phi) is 4.97. The van der Waals surface area contributed by atoms with E-state index in [4.69, 9.17) is 0 Å². The predicted molar refractivity (Wildman–Crippen MR) is 78.1 cm³/mol. The minimum Gasteiger partial charge on any atom is -0.354 e. The maximum Gasteiger partial charge on any atom is 0.227 e. The van der Waals surface area contributed by atoms with Gasteiger partial charge < -0.3 is 5.32 Å². The number of likely N-dealkylation sites (tertiary alicyclic amines) is 1. The van der Waals surface area contributed by atoms with E-state index in [9.17, 15) is 4.79 Å². The fourth-order valence-electron chi connectivity index (χ4n) is 2.81. The lowest BCUT2D eigenvalue weighted by Crippen LogP contribution is -2.41. The van der Waals surface area contributed by atoms with Crippen molar-refractivity contribution in [3.63, 3.8) is 0 Å². The van der Waals surface area contributed by atoms with E-state index in [1.54, 1.807) is 0 Å². The molecule has 104 valence electrons. The molecule has 3 heteroatoms. The van der Waals surface area contributed by atoms with Gasteiger partial charge in [0.1, 0.15) is 0 Å². The quantitative estimate of drug-likeness (QED) is 0.881. The Morgan fingerprint density at radius 2 is 2.16 bits per heavy atom. The number of benzene rings is 1. The molecule has 2 atom stereocenters. The van der Waals surface area contributed by atoms with Gasteiger partial charge in [0.2, 0.25) is 5.91 Å². The number of likely N-dealkylation sites (N-methyl/N-ethyl adjacent to an activating group) is 1. The third kappa shape index (κ3) is 3.57. The summed E-state index contributed by atoms with van der Waals surface area (Å²) in [5.74, 6) is 0.0619. The van der Waals surface area contributed by atoms with Gasteiger partial charge in [-0.3, -0.25) is 9.69 Å². The Morgan fingerprint density at radius 3 is 2.84 bits per heavy atom. The van der Waals surface area contributed by atoms with Crippen molar-refractivity contribution in [2.75, 3.05) is 19.6 Å². The summed E-state index contributed by atoms with van der Waals surface area (Å²) in [5.41, 5.74) is 1.08. The highest BCUT2D eigenvalue weighted by Crippen LogP contribution is 2.17. The lowest BCUT2D eigenvalue weighted by Gasteiger charge is -2.23. The Morgan fingerprint density at radius 1 is 1.42 bits per heavy atom. The normalized spacial score (nSPS) is 21.3. The summed E-state index contributed by atoms with van der Waals surface area (Å²) in [7, 11) is 0. The minimum atomic E-state index is -0.0716. The van der Waals surface area contributed by atoms with Crippen molar-refractivity contribution in [3.05, 3.63) is 35.9 Å². The van der Waals surface area contributed by atoms with Crippen LogP contribution in [-0.4, -0.2) is 36.5 Å². The van der Waals surface area contributed by atoms with E-state index in [0.29, 0.717) is 6.04 Å².